The molecular weight excluding hydrogens is 359 g/mol. The van der Waals surface area contributed by atoms with Gasteiger partial charge in [-0.2, -0.15) is 0 Å². The van der Waals surface area contributed by atoms with Gasteiger partial charge in [-0.3, -0.25) is 9.59 Å². The molecule has 0 spiro atoms. The lowest BCUT2D eigenvalue weighted by molar-refractivity contribution is -0.140. The van der Waals surface area contributed by atoms with Crippen molar-refractivity contribution in [2.75, 3.05) is 12.4 Å². The summed E-state index contributed by atoms with van der Waals surface area (Å²) in [6, 6.07) is 11.3. The van der Waals surface area contributed by atoms with Gasteiger partial charge in [0.15, 0.2) is 15.6 Å². The van der Waals surface area contributed by atoms with Crippen molar-refractivity contribution < 1.29 is 27.1 Å². The summed E-state index contributed by atoms with van der Waals surface area (Å²) >= 11 is 0. The lowest BCUT2D eigenvalue weighted by Crippen LogP contribution is -2.20. The van der Waals surface area contributed by atoms with Crippen LogP contribution in [0.3, 0.4) is 0 Å². The molecule has 136 valence electrons. The number of benzene rings is 2. The Balaban J connectivity index is 1.68. The lowest BCUT2D eigenvalue weighted by Gasteiger charge is -2.08. The van der Waals surface area contributed by atoms with Crippen molar-refractivity contribution in [2.24, 2.45) is 5.92 Å². The topological polar surface area (TPSA) is 77.5 Å². The standard InChI is InChI=1S/C19H17FO5S/c20-16-5-3-14(4-6-16)18(21)11-13-1-7-17(8-2-13)26(23,24)12-15-9-10-25-19(15)22/h1-8,15H,9-12H2/t15-/m1/s1. The summed E-state index contributed by atoms with van der Waals surface area (Å²) in [7, 11) is -3.61. The summed E-state index contributed by atoms with van der Waals surface area (Å²) in [5, 5.41) is 0. The molecule has 0 radical (unpaired) electrons. The maximum absolute atomic E-state index is 12.9. The van der Waals surface area contributed by atoms with Gasteiger partial charge in [-0.15, -0.1) is 0 Å². The van der Waals surface area contributed by atoms with E-state index in [9.17, 15) is 22.4 Å². The molecule has 0 bridgehead atoms. The van der Waals surface area contributed by atoms with E-state index in [-0.39, 0.29) is 29.5 Å². The fourth-order valence-corrected chi connectivity index (χ4v) is 4.36. The number of hydrogen-bond acceptors (Lipinski definition) is 5. The monoisotopic (exact) mass is 376 g/mol. The fourth-order valence-electron chi connectivity index (χ4n) is 2.79. The Morgan fingerprint density at radius 1 is 1.08 bits per heavy atom. The van der Waals surface area contributed by atoms with E-state index < -0.39 is 27.5 Å². The minimum atomic E-state index is -3.61. The van der Waals surface area contributed by atoms with Crippen LogP contribution >= 0.6 is 0 Å². The number of halogens is 1. The van der Waals surface area contributed by atoms with Crippen molar-refractivity contribution in [3.8, 4) is 0 Å². The molecule has 3 rings (SSSR count). The molecule has 0 saturated carbocycles. The van der Waals surface area contributed by atoms with Crippen LogP contribution in [0.25, 0.3) is 0 Å². The number of carbonyl (C=O) groups excluding carboxylic acids is 2. The summed E-state index contributed by atoms with van der Waals surface area (Å²) in [5.41, 5.74) is 1.04. The Morgan fingerprint density at radius 2 is 1.73 bits per heavy atom. The molecule has 5 nitrogen and oxygen atoms in total. The number of esters is 1. The zero-order chi connectivity index (χ0) is 18.7. The van der Waals surface area contributed by atoms with Crippen LogP contribution in [0.5, 0.6) is 0 Å². The SMILES string of the molecule is O=C(Cc1ccc(S(=O)(=O)C[C@H]2CCOC2=O)cc1)c1ccc(F)cc1. The zero-order valence-corrected chi connectivity index (χ0v) is 14.7. The third-order valence-electron chi connectivity index (χ3n) is 4.28. The van der Waals surface area contributed by atoms with Crippen LogP contribution in [-0.4, -0.2) is 32.5 Å². The van der Waals surface area contributed by atoms with E-state index in [1.807, 2.05) is 0 Å². The number of cyclic esters (lactones) is 1. The van der Waals surface area contributed by atoms with Gasteiger partial charge >= 0.3 is 5.97 Å². The van der Waals surface area contributed by atoms with E-state index in [2.05, 4.69) is 0 Å². The third-order valence-corrected chi connectivity index (χ3v) is 6.11. The minimum Gasteiger partial charge on any atom is -0.465 e. The van der Waals surface area contributed by atoms with Crippen molar-refractivity contribution in [2.45, 2.75) is 17.7 Å². The molecule has 0 aliphatic carbocycles. The molecule has 7 heteroatoms. The smallest absolute Gasteiger partial charge is 0.310 e. The quantitative estimate of drug-likeness (QED) is 0.572. The summed E-state index contributed by atoms with van der Waals surface area (Å²) in [5.74, 6) is -1.98. The summed E-state index contributed by atoms with van der Waals surface area (Å²) in [4.78, 5) is 23.8. The highest BCUT2D eigenvalue weighted by molar-refractivity contribution is 7.91. The molecule has 2 aromatic carbocycles. The van der Waals surface area contributed by atoms with E-state index in [0.29, 0.717) is 17.5 Å². The first kappa shape index (κ1) is 18.3. The predicted molar refractivity (Wildman–Crippen MR) is 92.0 cm³/mol. The van der Waals surface area contributed by atoms with Crippen molar-refractivity contribution in [3.63, 3.8) is 0 Å². The van der Waals surface area contributed by atoms with Gasteiger partial charge in [0.1, 0.15) is 5.82 Å². The van der Waals surface area contributed by atoms with Crippen molar-refractivity contribution in [1.29, 1.82) is 0 Å². The minimum absolute atomic E-state index is 0.0842. The molecule has 1 saturated heterocycles. The summed E-state index contributed by atoms with van der Waals surface area (Å²) in [6.45, 7) is 0.253. The molecule has 1 atom stereocenters. The molecule has 2 aromatic rings. The maximum Gasteiger partial charge on any atom is 0.310 e. The van der Waals surface area contributed by atoms with Gasteiger partial charge < -0.3 is 4.74 Å². The lowest BCUT2D eigenvalue weighted by atomic mass is 10.0. The molecular formula is C19H17FO5S. The van der Waals surface area contributed by atoms with Gasteiger partial charge in [0.2, 0.25) is 0 Å². The number of sulfone groups is 1. The normalized spacial score (nSPS) is 17.1. The third kappa shape index (κ3) is 4.16. The Hall–Kier alpha value is -2.54. The second-order valence-electron chi connectivity index (χ2n) is 6.19. The highest BCUT2D eigenvalue weighted by Crippen LogP contribution is 2.22. The van der Waals surface area contributed by atoms with Crippen molar-refractivity contribution in [1.82, 2.24) is 0 Å². The van der Waals surface area contributed by atoms with Crippen molar-refractivity contribution in [3.05, 3.63) is 65.5 Å². The molecule has 26 heavy (non-hydrogen) atoms. The van der Waals surface area contributed by atoms with Crippen LogP contribution in [0.4, 0.5) is 4.39 Å². The van der Waals surface area contributed by atoms with Crippen LogP contribution in [0.2, 0.25) is 0 Å². The van der Waals surface area contributed by atoms with Crippen LogP contribution in [-0.2, 0) is 25.8 Å². The average molecular weight is 376 g/mol. The van der Waals surface area contributed by atoms with Crippen LogP contribution in [0.15, 0.2) is 53.4 Å². The zero-order valence-electron chi connectivity index (χ0n) is 13.9. The molecule has 0 N–H and O–H groups in total. The van der Waals surface area contributed by atoms with Gasteiger partial charge in [-0.05, 0) is 48.4 Å². The Labute approximate surface area is 150 Å². The second-order valence-corrected chi connectivity index (χ2v) is 8.22. The van der Waals surface area contributed by atoms with Crippen molar-refractivity contribution >= 4 is 21.6 Å². The Bertz CT molecular complexity index is 917. The van der Waals surface area contributed by atoms with E-state index in [4.69, 9.17) is 4.74 Å². The second kappa shape index (κ2) is 7.37. The van der Waals surface area contributed by atoms with Gasteiger partial charge in [-0.1, -0.05) is 12.1 Å². The number of ether oxygens (including phenoxy) is 1. The van der Waals surface area contributed by atoms with Crippen LogP contribution < -0.4 is 0 Å². The summed E-state index contributed by atoms with van der Waals surface area (Å²) < 4.78 is 42.5. The van der Waals surface area contributed by atoms with E-state index in [0.717, 1.165) is 0 Å². The molecule has 1 fully saturated rings. The van der Waals surface area contributed by atoms with Crippen LogP contribution in [0, 0.1) is 11.7 Å². The maximum atomic E-state index is 12.9. The number of Topliss-reactive ketones (excluding diaryl/α,β-unsaturated/α-hetero) is 1. The number of rotatable bonds is 6. The first-order valence-electron chi connectivity index (χ1n) is 8.12. The molecule has 1 aliphatic heterocycles. The largest absolute Gasteiger partial charge is 0.465 e. The number of ketones is 1. The summed E-state index contributed by atoms with van der Waals surface area (Å²) in [6.07, 6.45) is 0.489. The van der Waals surface area contributed by atoms with Crippen LogP contribution in [0.1, 0.15) is 22.3 Å². The Morgan fingerprint density at radius 3 is 2.31 bits per heavy atom. The van der Waals surface area contributed by atoms with E-state index >= 15 is 0 Å². The number of carbonyl (C=O) groups is 2. The van der Waals surface area contributed by atoms with E-state index in [1.54, 1.807) is 12.1 Å². The first-order valence-corrected chi connectivity index (χ1v) is 9.77. The Kier molecular flexibility index (Phi) is 5.18. The molecule has 0 aromatic heterocycles. The first-order chi connectivity index (χ1) is 12.3. The number of hydrogen-bond donors (Lipinski definition) is 0. The van der Waals surface area contributed by atoms with E-state index in [1.165, 1.54) is 36.4 Å². The fraction of sp³-hybridized carbons (Fsp3) is 0.263. The molecule has 0 amide bonds. The highest BCUT2D eigenvalue weighted by Gasteiger charge is 2.32. The average Bonchev–Trinajstić information content (AvgIpc) is 3.00. The van der Waals surface area contributed by atoms with Gasteiger partial charge in [0.05, 0.1) is 23.2 Å². The highest BCUT2D eigenvalue weighted by atomic mass is 32.2. The molecule has 1 aliphatic rings. The van der Waals surface area contributed by atoms with Gasteiger partial charge in [0.25, 0.3) is 0 Å². The van der Waals surface area contributed by atoms with Gasteiger partial charge in [0, 0.05) is 12.0 Å². The van der Waals surface area contributed by atoms with Gasteiger partial charge in [-0.25, -0.2) is 12.8 Å². The molecule has 0 unspecified atom stereocenters. The molecule has 1 heterocycles. The predicted octanol–water partition coefficient (Wildman–Crippen LogP) is 2.59.